The molecule has 1 aliphatic rings. The van der Waals surface area contributed by atoms with Crippen LogP contribution in [0.3, 0.4) is 0 Å². The van der Waals surface area contributed by atoms with Crippen molar-refractivity contribution in [2.45, 2.75) is 13.0 Å². The summed E-state index contributed by atoms with van der Waals surface area (Å²) in [5, 5.41) is 0.725. The summed E-state index contributed by atoms with van der Waals surface area (Å²) >= 11 is 11.5. The topological polar surface area (TPSA) is 16.1 Å². The van der Waals surface area contributed by atoms with Crippen LogP contribution in [0.25, 0.3) is 0 Å². The van der Waals surface area contributed by atoms with Gasteiger partial charge in [-0.25, -0.2) is 4.98 Å². The third-order valence-electron chi connectivity index (χ3n) is 2.43. The van der Waals surface area contributed by atoms with Crippen molar-refractivity contribution in [2.75, 3.05) is 23.0 Å². The highest BCUT2D eigenvalue weighted by atomic mass is 79.9. The smallest absolute Gasteiger partial charge is 0.147 e. The number of halogens is 2. The second-order valence-electron chi connectivity index (χ2n) is 3.58. The molecule has 1 fully saturated rings. The maximum absolute atomic E-state index is 6.19. The Labute approximate surface area is 108 Å². The molecule has 2 nitrogen and oxygen atoms in total. The van der Waals surface area contributed by atoms with E-state index in [-0.39, 0.29) is 0 Å². The van der Waals surface area contributed by atoms with Crippen molar-refractivity contribution in [1.29, 1.82) is 0 Å². The van der Waals surface area contributed by atoms with Crippen LogP contribution in [0.15, 0.2) is 16.7 Å². The fourth-order valence-corrected chi connectivity index (χ4v) is 3.41. The van der Waals surface area contributed by atoms with Crippen molar-refractivity contribution in [1.82, 2.24) is 4.98 Å². The fraction of sp³-hybridized carbons (Fsp3) is 0.500. The van der Waals surface area contributed by atoms with Gasteiger partial charge in [-0.05, 0) is 28.9 Å². The first-order valence-corrected chi connectivity index (χ1v) is 7.16. The fourth-order valence-electron chi connectivity index (χ4n) is 1.66. The summed E-state index contributed by atoms with van der Waals surface area (Å²) in [6.07, 6.45) is 1.80. The summed E-state index contributed by atoms with van der Waals surface area (Å²) in [5.41, 5.74) is 0. The van der Waals surface area contributed by atoms with Crippen LogP contribution in [0.1, 0.15) is 6.92 Å². The molecule has 1 aromatic heterocycles. The van der Waals surface area contributed by atoms with E-state index >= 15 is 0 Å². The zero-order chi connectivity index (χ0) is 10.8. The Morgan fingerprint density at radius 1 is 1.67 bits per heavy atom. The Kier molecular flexibility index (Phi) is 3.80. The van der Waals surface area contributed by atoms with Gasteiger partial charge in [0.25, 0.3) is 0 Å². The van der Waals surface area contributed by atoms with Gasteiger partial charge in [0.15, 0.2) is 0 Å². The molecule has 0 N–H and O–H groups in total. The summed E-state index contributed by atoms with van der Waals surface area (Å²) in [6.45, 7) is 3.24. The van der Waals surface area contributed by atoms with E-state index in [1.165, 1.54) is 0 Å². The van der Waals surface area contributed by atoms with Gasteiger partial charge < -0.3 is 4.90 Å². The van der Waals surface area contributed by atoms with E-state index in [1.54, 1.807) is 6.20 Å². The molecule has 1 atom stereocenters. The van der Waals surface area contributed by atoms with Crippen molar-refractivity contribution in [3.63, 3.8) is 0 Å². The average molecular weight is 308 g/mol. The summed E-state index contributed by atoms with van der Waals surface area (Å²) in [7, 11) is 0. The standard InChI is InChI=1S/C10H12BrClN2S/c1-7-6-15-3-2-14(7)10-9(12)4-8(11)5-13-10/h4-5,7H,2-3,6H2,1H3. The van der Waals surface area contributed by atoms with E-state index in [1.807, 2.05) is 17.8 Å². The lowest BCUT2D eigenvalue weighted by Crippen LogP contribution is -2.41. The van der Waals surface area contributed by atoms with E-state index in [2.05, 4.69) is 32.7 Å². The molecule has 0 bridgehead atoms. The quantitative estimate of drug-likeness (QED) is 0.790. The first-order chi connectivity index (χ1) is 7.18. The molecule has 0 aliphatic carbocycles. The zero-order valence-corrected chi connectivity index (χ0v) is 11.6. The summed E-state index contributed by atoms with van der Waals surface area (Å²) in [6, 6.07) is 2.41. The Morgan fingerprint density at radius 2 is 2.47 bits per heavy atom. The second kappa shape index (κ2) is 4.93. The molecule has 5 heteroatoms. The number of pyridine rings is 1. The maximum Gasteiger partial charge on any atom is 0.147 e. The summed E-state index contributed by atoms with van der Waals surface area (Å²) in [5.74, 6) is 3.21. The molecule has 1 saturated heterocycles. The van der Waals surface area contributed by atoms with Crippen LogP contribution in [-0.2, 0) is 0 Å². The molecule has 1 aromatic rings. The van der Waals surface area contributed by atoms with Crippen molar-refractivity contribution >= 4 is 45.1 Å². The normalized spacial score (nSPS) is 21.8. The minimum absolute atomic E-state index is 0.509. The van der Waals surface area contributed by atoms with Crippen LogP contribution in [0, 0.1) is 0 Å². The van der Waals surface area contributed by atoms with Gasteiger partial charge >= 0.3 is 0 Å². The summed E-state index contributed by atoms with van der Waals surface area (Å²) < 4.78 is 0.926. The molecule has 1 aliphatic heterocycles. The number of hydrogen-bond acceptors (Lipinski definition) is 3. The molecule has 0 spiro atoms. The Bertz CT molecular complexity index is 361. The number of thioether (sulfide) groups is 1. The van der Waals surface area contributed by atoms with Crippen LogP contribution in [0.5, 0.6) is 0 Å². The van der Waals surface area contributed by atoms with Crippen molar-refractivity contribution < 1.29 is 0 Å². The SMILES string of the molecule is CC1CSCCN1c1ncc(Br)cc1Cl. The number of hydrogen-bond donors (Lipinski definition) is 0. The second-order valence-corrected chi connectivity index (χ2v) is 6.05. The first kappa shape index (κ1) is 11.6. The largest absolute Gasteiger partial charge is 0.351 e. The highest BCUT2D eigenvalue weighted by Gasteiger charge is 2.21. The Hall–Kier alpha value is 0.0700. The molecule has 82 valence electrons. The average Bonchev–Trinajstić information content (AvgIpc) is 2.20. The van der Waals surface area contributed by atoms with Crippen molar-refractivity contribution in [3.8, 4) is 0 Å². The van der Waals surface area contributed by atoms with Crippen molar-refractivity contribution in [2.24, 2.45) is 0 Å². The Morgan fingerprint density at radius 3 is 3.13 bits per heavy atom. The molecule has 2 rings (SSSR count). The molecule has 0 saturated carbocycles. The van der Waals surface area contributed by atoms with Gasteiger partial charge in [-0.2, -0.15) is 11.8 Å². The molecule has 0 radical (unpaired) electrons. The van der Waals surface area contributed by atoms with E-state index in [0.717, 1.165) is 33.4 Å². The monoisotopic (exact) mass is 306 g/mol. The third-order valence-corrected chi connectivity index (χ3v) is 4.33. The third kappa shape index (κ3) is 2.60. The van der Waals surface area contributed by atoms with Gasteiger partial charge in [0, 0.05) is 34.8 Å². The maximum atomic E-state index is 6.19. The molecular formula is C10H12BrClN2S. The van der Waals surface area contributed by atoms with Crippen LogP contribution < -0.4 is 4.90 Å². The predicted molar refractivity (Wildman–Crippen MR) is 71.1 cm³/mol. The number of aromatic nitrogens is 1. The van der Waals surface area contributed by atoms with Gasteiger partial charge in [-0.15, -0.1) is 0 Å². The van der Waals surface area contributed by atoms with Crippen LogP contribution >= 0.6 is 39.3 Å². The van der Waals surface area contributed by atoms with Crippen LogP contribution in [0.2, 0.25) is 5.02 Å². The van der Waals surface area contributed by atoms with Crippen molar-refractivity contribution in [3.05, 3.63) is 21.8 Å². The van der Waals surface area contributed by atoms with Gasteiger partial charge in [-0.3, -0.25) is 0 Å². The van der Waals surface area contributed by atoms with E-state index in [0.29, 0.717) is 6.04 Å². The molecule has 15 heavy (non-hydrogen) atoms. The lowest BCUT2D eigenvalue weighted by molar-refractivity contribution is 0.690. The predicted octanol–water partition coefficient (Wildman–Crippen LogP) is 3.44. The van der Waals surface area contributed by atoms with Gasteiger partial charge in [0.2, 0.25) is 0 Å². The minimum Gasteiger partial charge on any atom is -0.351 e. The lowest BCUT2D eigenvalue weighted by Gasteiger charge is -2.34. The van der Waals surface area contributed by atoms with Gasteiger partial charge in [-0.1, -0.05) is 11.6 Å². The zero-order valence-electron chi connectivity index (χ0n) is 8.41. The number of nitrogens with zero attached hydrogens (tertiary/aromatic N) is 2. The van der Waals surface area contributed by atoms with E-state index in [4.69, 9.17) is 11.6 Å². The van der Waals surface area contributed by atoms with Gasteiger partial charge in [0.1, 0.15) is 5.82 Å². The molecule has 2 heterocycles. The first-order valence-electron chi connectivity index (χ1n) is 4.84. The molecule has 1 unspecified atom stereocenters. The Balaban J connectivity index is 2.27. The van der Waals surface area contributed by atoms with E-state index < -0.39 is 0 Å². The molecule has 0 aromatic carbocycles. The lowest BCUT2D eigenvalue weighted by atomic mass is 10.3. The number of anilines is 1. The van der Waals surface area contributed by atoms with Gasteiger partial charge in [0.05, 0.1) is 5.02 Å². The highest BCUT2D eigenvalue weighted by Crippen LogP contribution is 2.30. The highest BCUT2D eigenvalue weighted by molar-refractivity contribution is 9.10. The van der Waals surface area contributed by atoms with Crippen LogP contribution in [-0.4, -0.2) is 29.1 Å². The molecule has 0 amide bonds. The summed E-state index contributed by atoms with van der Waals surface area (Å²) in [4.78, 5) is 6.67. The van der Waals surface area contributed by atoms with Crippen LogP contribution in [0.4, 0.5) is 5.82 Å². The van der Waals surface area contributed by atoms with E-state index in [9.17, 15) is 0 Å². The minimum atomic E-state index is 0.509. The molecular weight excluding hydrogens is 296 g/mol. The number of rotatable bonds is 1.